The van der Waals surface area contributed by atoms with Crippen molar-refractivity contribution in [1.82, 2.24) is 0 Å². The quantitative estimate of drug-likeness (QED) is 0.661. The first-order chi connectivity index (χ1) is 8.08. The van der Waals surface area contributed by atoms with E-state index in [2.05, 4.69) is 19.6 Å². The van der Waals surface area contributed by atoms with Gasteiger partial charge in [0.05, 0.1) is 0 Å². The Labute approximate surface area is 103 Å². The zero-order chi connectivity index (χ0) is 12.0. The summed E-state index contributed by atoms with van der Waals surface area (Å²) >= 11 is 0. The predicted molar refractivity (Wildman–Crippen MR) is 70.3 cm³/mol. The van der Waals surface area contributed by atoms with Crippen LogP contribution in [0.25, 0.3) is 0 Å². The van der Waals surface area contributed by atoms with Crippen molar-refractivity contribution in [3.05, 3.63) is 41.5 Å². The smallest absolute Gasteiger partial charge is 0.115 e. The number of phenols is 1. The molecule has 0 unspecified atom stereocenters. The molecule has 0 spiro atoms. The second-order valence-corrected chi connectivity index (χ2v) is 6.04. The van der Waals surface area contributed by atoms with E-state index in [4.69, 9.17) is 0 Å². The van der Waals surface area contributed by atoms with Crippen molar-refractivity contribution >= 4 is 0 Å². The Hall–Kier alpha value is -1.24. The highest BCUT2D eigenvalue weighted by Gasteiger charge is 2.41. The van der Waals surface area contributed by atoms with E-state index in [9.17, 15) is 5.11 Å². The maximum Gasteiger partial charge on any atom is 0.115 e. The van der Waals surface area contributed by atoms with Crippen molar-refractivity contribution in [2.24, 2.45) is 5.41 Å². The Kier molecular flexibility index (Phi) is 2.32. The molecular weight excluding hydrogens is 208 g/mol. The summed E-state index contributed by atoms with van der Waals surface area (Å²) in [7, 11) is 0. The lowest BCUT2D eigenvalue weighted by Crippen LogP contribution is -2.34. The molecule has 0 heterocycles. The molecule has 2 aliphatic rings. The molecule has 1 N–H and O–H groups in total. The number of aromatic hydroxyl groups is 1. The molecule has 2 atom stereocenters. The van der Waals surface area contributed by atoms with Crippen LogP contribution in [0.5, 0.6) is 5.75 Å². The van der Waals surface area contributed by atoms with Gasteiger partial charge in [0.2, 0.25) is 0 Å². The molecule has 1 aromatic rings. The van der Waals surface area contributed by atoms with Gasteiger partial charge in [-0.05, 0) is 66.7 Å². The van der Waals surface area contributed by atoms with Gasteiger partial charge in [-0.15, -0.1) is 0 Å². The molecule has 1 heteroatoms. The van der Waals surface area contributed by atoms with Gasteiger partial charge in [0.1, 0.15) is 5.75 Å². The van der Waals surface area contributed by atoms with Crippen LogP contribution < -0.4 is 0 Å². The number of allylic oxidation sites excluding steroid dienone is 1. The van der Waals surface area contributed by atoms with Gasteiger partial charge in [-0.2, -0.15) is 0 Å². The second-order valence-electron chi connectivity index (χ2n) is 6.04. The van der Waals surface area contributed by atoms with E-state index >= 15 is 0 Å². The molecule has 0 radical (unpaired) electrons. The highest BCUT2D eigenvalue weighted by atomic mass is 16.3. The zero-order valence-electron chi connectivity index (χ0n) is 10.5. The SMILES string of the molecule is C=C1CC[C@]2(C)CCc3cc(O)ccc3[C@H]2C1. The Morgan fingerprint density at radius 3 is 2.88 bits per heavy atom. The molecule has 1 saturated carbocycles. The summed E-state index contributed by atoms with van der Waals surface area (Å²) in [5.41, 5.74) is 4.65. The van der Waals surface area contributed by atoms with Gasteiger partial charge in [0, 0.05) is 0 Å². The summed E-state index contributed by atoms with van der Waals surface area (Å²) in [6, 6.07) is 5.92. The lowest BCUT2D eigenvalue weighted by Gasteiger charge is -2.46. The third-order valence-electron chi connectivity index (χ3n) is 4.85. The molecule has 17 heavy (non-hydrogen) atoms. The summed E-state index contributed by atoms with van der Waals surface area (Å²) in [6.45, 7) is 6.61. The van der Waals surface area contributed by atoms with Crippen LogP contribution >= 0.6 is 0 Å². The predicted octanol–water partition coefficient (Wildman–Crippen LogP) is 4.17. The Balaban J connectivity index is 2.06. The highest BCUT2D eigenvalue weighted by Crippen LogP contribution is 2.54. The van der Waals surface area contributed by atoms with Gasteiger partial charge < -0.3 is 5.11 Å². The minimum absolute atomic E-state index is 0.405. The summed E-state index contributed by atoms with van der Waals surface area (Å²) < 4.78 is 0. The zero-order valence-corrected chi connectivity index (χ0v) is 10.5. The monoisotopic (exact) mass is 228 g/mol. The molecule has 90 valence electrons. The first kappa shape index (κ1) is 10.9. The molecule has 1 nitrogen and oxygen atoms in total. The summed E-state index contributed by atoms with van der Waals surface area (Å²) in [5, 5.41) is 9.58. The average molecular weight is 228 g/mol. The van der Waals surface area contributed by atoms with E-state index in [1.165, 1.54) is 36.0 Å². The highest BCUT2D eigenvalue weighted by molar-refractivity contribution is 5.41. The summed E-state index contributed by atoms with van der Waals surface area (Å²) in [4.78, 5) is 0. The Morgan fingerprint density at radius 2 is 2.06 bits per heavy atom. The third-order valence-corrected chi connectivity index (χ3v) is 4.85. The van der Waals surface area contributed by atoms with Crippen LogP contribution in [0, 0.1) is 5.41 Å². The molecule has 0 bridgehead atoms. The number of benzene rings is 1. The van der Waals surface area contributed by atoms with Gasteiger partial charge in [-0.25, -0.2) is 0 Å². The van der Waals surface area contributed by atoms with E-state index in [1.54, 1.807) is 0 Å². The van der Waals surface area contributed by atoms with Crippen molar-refractivity contribution in [1.29, 1.82) is 0 Å². The maximum atomic E-state index is 9.58. The Morgan fingerprint density at radius 1 is 1.29 bits per heavy atom. The first-order valence-electron chi connectivity index (χ1n) is 6.57. The molecule has 0 aliphatic heterocycles. The van der Waals surface area contributed by atoms with Crippen LogP contribution in [-0.2, 0) is 6.42 Å². The lowest BCUT2D eigenvalue weighted by atomic mass is 9.58. The van der Waals surface area contributed by atoms with Gasteiger partial charge in [-0.1, -0.05) is 25.1 Å². The Bertz CT molecular complexity index is 474. The number of hydrogen-bond acceptors (Lipinski definition) is 1. The fraction of sp³-hybridized carbons (Fsp3) is 0.500. The lowest BCUT2D eigenvalue weighted by molar-refractivity contribution is 0.172. The second kappa shape index (κ2) is 3.63. The first-order valence-corrected chi connectivity index (χ1v) is 6.57. The van der Waals surface area contributed by atoms with Crippen LogP contribution in [0.3, 0.4) is 0 Å². The number of phenolic OH excluding ortho intramolecular Hbond substituents is 1. The van der Waals surface area contributed by atoms with Crippen LogP contribution in [0.2, 0.25) is 0 Å². The van der Waals surface area contributed by atoms with Gasteiger partial charge in [-0.3, -0.25) is 0 Å². The third kappa shape index (κ3) is 1.69. The van der Waals surface area contributed by atoms with E-state index in [-0.39, 0.29) is 0 Å². The molecule has 1 fully saturated rings. The molecular formula is C16H20O. The van der Waals surface area contributed by atoms with E-state index < -0.39 is 0 Å². The van der Waals surface area contributed by atoms with Crippen LogP contribution in [0.1, 0.15) is 49.7 Å². The van der Waals surface area contributed by atoms with Gasteiger partial charge in [0.15, 0.2) is 0 Å². The normalized spacial score (nSPS) is 31.8. The molecule has 3 rings (SSSR count). The number of aryl methyl sites for hydroxylation is 1. The van der Waals surface area contributed by atoms with Crippen LogP contribution in [0.4, 0.5) is 0 Å². The largest absolute Gasteiger partial charge is 0.508 e. The fourth-order valence-electron chi connectivity index (χ4n) is 3.63. The standard InChI is InChI=1S/C16H20O/c1-11-5-7-16(2)8-6-12-10-13(17)3-4-14(12)15(16)9-11/h3-4,10,15,17H,1,5-9H2,2H3/t15-,16-/m1/s1. The molecule has 2 aliphatic carbocycles. The minimum Gasteiger partial charge on any atom is -0.508 e. The summed E-state index contributed by atoms with van der Waals surface area (Å²) in [5.74, 6) is 1.02. The van der Waals surface area contributed by atoms with Crippen molar-refractivity contribution in [3.8, 4) is 5.75 Å². The van der Waals surface area contributed by atoms with Crippen LogP contribution in [0.15, 0.2) is 30.4 Å². The number of fused-ring (bicyclic) bond motifs is 3. The van der Waals surface area contributed by atoms with Crippen LogP contribution in [-0.4, -0.2) is 5.11 Å². The molecule has 0 aromatic heterocycles. The van der Waals surface area contributed by atoms with E-state index in [0.29, 0.717) is 17.1 Å². The van der Waals surface area contributed by atoms with Crippen molar-refractivity contribution in [3.63, 3.8) is 0 Å². The van der Waals surface area contributed by atoms with Crippen molar-refractivity contribution < 1.29 is 5.11 Å². The average Bonchev–Trinajstić information content (AvgIpc) is 2.30. The van der Waals surface area contributed by atoms with Crippen molar-refractivity contribution in [2.45, 2.75) is 44.9 Å². The minimum atomic E-state index is 0.405. The van der Waals surface area contributed by atoms with E-state index in [1.807, 2.05) is 12.1 Å². The number of rotatable bonds is 0. The fourth-order valence-corrected chi connectivity index (χ4v) is 3.63. The van der Waals surface area contributed by atoms with E-state index in [0.717, 1.165) is 12.8 Å². The molecule has 1 aromatic carbocycles. The van der Waals surface area contributed by atoms with Crippen molar-refractivity contribution in [2.75, 3.05) is 0 Å². The van der Waals surface area contributed by atoms with Gasteiger partial charge >= 0.3 is 0 Å². The number of hydrogen-bond donors (Lipinski definition) is 1. The summed E-state index contributed by atoms with van der Waals surface area (Å²) in [6.07, 6.45) is 5.97. The maximum absolute atomic E-state index is 9.58. The molecule has 0 saturated heterocycles. The topological polar surface area (TPSA) is 20.2 Å². The van der Waals surface area contributed by atoms with Gasteiger partial charge in [0.25, 0.3) is 0 Å². The molecule has 0 amide bonds.